The van der Waals surface area contributed by atoms with Gasteiger partial charge in [0.25, 0.3) is 5.56 Å². The van der Waals surface area contributed by atoms with Crippen LogP contribution in [0.1, 0.15) is 5.89 Å². The topological polar surface area (TPSA) is 108 Å². The van der Waals surface area contributed by atoms with Gasteiger partial charge in [0, 0.05) is 31.9 Å². The molecule has 0 unspecified atom stereocenters. The highest BCUT2D eigenvalue weighted by Gasteiger charge is 2.19. The summed E-state index contributed by atoms with van der Waals surface area (Å²) < 4.78 is 37.1. The van der Waals surface area contributed by atoms with Gasteiger partial charge in [-0.1, -0.05) is 17.3 Å². The Kier molecular flexibility index (Phi) is 5.10. The van der Waals surface area contributed by atoms with Gasteiger partial charge in [-0.15, -0.1) is 0 Å². The van der Waals surface area contributed by atoms with Crippen LogP contribution in [0.3, 0.4) is 0 Å². The second-order valence-electron chi connectivity index (χ2n) is 5.86. The summed E-state index contributed by atoms with van der Waals surface area (Å²) in [6, 6.07) is 9.60. The molecule has 0 aliphatic carbocycles. The maximum atomic E-state index is 12.2. The lowest BCUT2D eigenvalue weighted by Crippen LogP contribution is -2.26. The fraction of sp³-hybridized carbons (Fsp3) is 0.235. The fourth-order valence-corrected chi connectivity index (χ4v) is 3.26. The third kappa shape index (κ3) is 3.91. The van der Waals surface area contributed by atoms with E-state index in [0.717, 1.165) is 4.31 Å². The molecular formula is C17H18N4O5S. The molecule has 2 aromatic heterocycles. The number of sulfonamides is 1. The van der Waals surface area contributed by atoms with Crippen molar-refractivity contribution in [2.45, 2.75) is 11.4 Å². The number of hydrogen-bond acceptors (Lipinski definition) is 7. The number of rotatable bonds is 6. The Balaban J connectivity index is 1.90. The molecule has 10 heteroatoms. The van der Waals surface area contributed by atoms with E-state index in [1.54, 1.807) is 31.4 Å². The van der Waals surface area contributed by atoms with Crippen molar-refractivity contribution >= 4 is 10.0 Å². The lowest BCUT2D eigenvalue weighted by atomic mass is 10.2. The molecule has 142 valence electrons. The van der Waals surface area contributed by atoms with E-state index in [1.807, 2.05) is 0 Å². The third-order valence-electron chi connectivity index (χ3n) is 3.84. The maximum Gasteiger partial charge on any atom is 0.251 e. The standard InChI is InChI=1S/C17H18N4O5S/c1-20(2)27(23,24)14-7-8-16(22)21(10-14)11-15-18-17(19-26-15)12-5-4-6-13(9-12)25-3/h4-10H,11H2,1-3H3. The summed E-state index contributed by atoms with van der Waals surface area (Å²) in [5.41, 5.74) is 0.314. The Labute approximate surface area is 155 Å². The molecule has 0 saturated carbocycles. The molecule has 3 aromatic rings. The highest BCUT2D eigenvalue weighted by Crippen LogP contribution is 2.21. The van der Waals surface area contributed by atoms with Crippen LogP contribution in [0.2, 0.25) is 0 Å². The maximum absolute atomic E-state index is 12.2. The van der Waals surface area contributed by atoms with Crippen LogP contribution < -0.4 is 10.3 Å². The second-order valence-corrected chi connectivity index (χ2v) is 8.01. The Bertz CT molecular complexity index is 1120. The Morgan fingerprint density at radius 2 is 2.00 bits per heavy atom. The first kappa shape index (κ1) is 18.8. The number of benzene rings is 1. The predicted molar refractivity (Wildman–Crippen MR) is 97.0 cm³/mol. The SMILES string of the molecule is COc1cccc(-c2noc(Cn3cc(S(=O)(=O)N(C)C)ccc3=O)n2)c1. The van der Waals surface area contributed by atoms with E-state index in [-0.39, 0.29) is 22.9 Å². The zero-order valence-corrected chi connectivity index (χ0v) is 15.8. The summed E-state index contributed by atoms with van der Waals surface area (Å²) >= 11 is 0. The van der Waals surface area contributed by atoms with E-state index >= 15 is 0 Å². The van der Waals surface area contributed by atoms with Crippen molar-refractivity contribution in [2.75, 3.05) is 21.2 Å². The van der Waals surface area contributed by atoms with Gasteiger partial charge in [0.05, 0.1) is 12.0 Å². The molecule has 0 radical (unpaired) electrons. The lowest BCUT2D eigenvalue weighted by Gasteiger charge is -2.12. The molecule has 0 N–H and O–H groups in total. The van der Waals surface area contributed by atoms with E-state index < -0.39 is 10.0 Å². The molecule has 0 aliphatic heterocycles. The molecule has 9 nitrogen and oxygen atoms in total. The van der Waals surface area contributed by atoms with Gasteiger partial charge in [-0.3, -0.25) is 4.79 Å². The van der Waals surface area contributed by atoms with Crippen molar-refractivity contribution < 1.29 is 17.7 Å². The molecule has 0 aliphatic rings. The molecule has 27 heavy (non-hydrogen) atoms. The van der Waals surface area contributed by atoms with Gasteiger partial charge in [-0.05, 0) is 18.2 Å². The minimum atomic E-state index is -3.66. The lowest BCUT2D eigenvalue weighted by molar-refractivity contribution is 0.369. The number of methoxy groups -OCH3 is 1. The van der Waals surface area contributed by atoms with E-state index in [1.165, 1.54) is 37.0 Å². The molecule has 0 spiro atoms. The molecule has 3 rings (SSSR count). The Hall–Kier alpha value is -2.98. The molecule has 0 amide bonds. The first-order chi connectivity index (χ1) is 12.8. The van der Waals surface area contributed by atoms with Crippen LogP contribution in [0.4, 0.5) is 0 Å². The van der Waals surface area contributed by atoms with Gasteiger partial charge >= 0.3 is 0 Å². The van der Waals surface area contributed by atoms with Crippen LogP contribution in [0.25, 0.3) is 11.4 Å². The molecule has 1 aromatic carbocycles. The summed E-state index contributed by atoms with van der Waals surface area (Å²) in [5.74, 6) is 1.17. The molecule has 0 bridgehead atoms. The van der Waals surface area contributed by atoms with Crippen LogP contribution >= 0.6 is 0 Å². The Morgan fingerprint density at radius 3 is 2.70 bits per heavy atom. The van der Waals surface area contributed by atoms with Crippen molar-refractivity contribution in [1.29, 1.82) is 0 Å². The van der Waals surface area contributed by atoms with Crippen molar-refractivity contribution in [2.24, 2.45) is 0 Å². The third-order valence-corrected chi connectivity index (χ3v) is 5.64. The molecule has 0 atom stereocenters. The van der Waals surface area contributed by atoms with Crippen LogP contribution in [0.5, 0.6) is 5.75 Å². The Morgan fingerprint density at radius 1 is 1.22 bits per heavy atom. The van der Waals surface area contributed by atoms with Crippen LogP contribution in [-0.2, 0) is 16.6 Å². The second kappa shape index (κ2) is 7.33. The quantitative estimate of drug-likeness (QED) is 0.622. The summed E-state index contributed by atoms with van der Waals surface area (Å²) in [4.78, 5) is 16.3. The van der Waals surface area contributed by atoms with Gasteiger partial charge in [0.15, 0.2) is 0 Å². The highest BCUT2D eigenvalue weighted by atomic mass is 32.2. The van der Waals surface area contributed by atoms with Gasteiger partial charge in [0.1, 0.15) is 12.3 Å². The summed E-state index contributed by atoms with van der Waals surface area (Å²) in [7, 11) is 0.736. The van der Waals surface area contributed by atoms with E-state index in [0.29, 0.717) is 17.1 Å². The van der Waals surface area contributed by atoms with Gasteiger partial charge in [-0.25, -0.2) is 12.7 Å². The first-order valence-corrected chi connectivity index (χ1v) is 9.35. The highest BCUT2D eigenvalue weighted by molar-refractivity contribution is 7.89. The minimum absolute atomic E-state index is 0.000338. The monoisotopic (exact) mass is 390 g/mol. The normalized spacial score (nSPS) is 11.7. The van der Waals surface area contributed by atoms with E-state index in [4.69, 9.17) is 9.26 Å². The molecule has 0 fully saturated rings. The zero-order valence-electron chi connectivity index (χ0n) is 15.0. The van der Waals surface area contributed by atoms with Gasteiger partial charge in [0.2, 0.25) is 21.7 Å². The fourth-order valence-electron chi connectivity index (χ4n) is 2.34. The average Bonchev–Trinajstić information content (AvgIpc) is 3.12. The smallest absolute Gasteiger partial charge is 0.251 e. The first-order valence-electron chi connectivity index (χ1n) is 7.91. The van der Waals surface area contributed by atoms with Crippen molar-refractivity contribution in [1.82, 2.24) is 19.0 Å². The van der Waals surface area contributed by atoms with E-state index in [9.17, 15) is 13.2 Å². The van der Waals surface area contributed by atoms with Crippen molar-refractivity contribution in [3.8, 4) is 17.1 Å². The van der Waals surface area contributed by atoms with Crippen LogP contribution in [-0.4, -0.2) is 48.6 Å². The number of aromatic nitrogens is 3. The predicted octanol–water partition coefficient (Wildman–Crippen LogP) is 1.21. The minimum Gasteiger partial charge on any atom is -0.497 e. The number of hydrogen-bond donors (Lipinski definition) is 0. The van der Waals surface area contributed by atoms with Crippen LogP contribution in [0.15, 0.2) is 56.8 Å². The average molecular weight is 390 g/mol. The summed E-state index contributed by atoms with van der Waals surface area (Å²) in [6.07, 6.45) is 1.26. The summed E-state index contributed by atoms with van der Waals surface area (Å²) in [5, 5.41) is 3.90. The van der Waals surface area contributed by atoms with Gasteiger partial charge in [-0.2, -0.15) is 4.98 Å². The number of nitrogens with zero attached hydrogens (tertiary/aromatic N) is 4. The van der Waals surface area contributed by atoms with Gasteiger partial charge < -0.3 is 13.8 Å². The van der Waals surface area contributed by atoms with E-state index in [2.05, 4.69) is 10.1 Å². The van der Waals surface area contributed by atoms with Crippen molar-refractivity contribution in [3.05, 3.63) is 58.8 Å². The largest absolute Gasteiger partial charge is 0.497 e. The number of pyridine rings is 1. The van der Waals surface area contributed by atoms with Crippen molar-refractivity contribution in [3.63, 3.8) is 0 Å². The van der Waals surface area contributed by atoms with Crippen LogP contribution in [0, 0.1) is 0 Å². The zero-order chi connectivity index (χ0) is 19.6. The molecule has 2 heterocycles. The summed E-state index contributed by atoms with van der Waals surface area (Å²) in [6.45, 7) is -0.0490. The molecular weight excluding hydrogens is 372 g/mol. The number of ether oxygens (including phenoxy) is 1. The molecule has 0 saturated heterocycles.